The molecule has 100 valence electrons. The molecule has 1 N–H and O–H groups in total. The molecule has 0 bridgehead atoms. The summed E-state index contributed by atoms with van der Waals surface area (Å²) in [7, 11) is 1.41. The van der Waals surface area contributed by atoms with Crippen molar-refractivity contribution in [1.82, 2.24) is 10.3 Å². The number of rotatable bonds is 6. The van der Waals surface area contributed by atoms with Crippen molar-refractivity contribution in [3.8, 4) is 0 Å². The predicted molar refractivity (Wildman–Crippen MR) is 74.0 cm³/mol. The van der Waals surface area contributed by atoms with Gasteiger partial charge in [-0.2, -0.15) is 0 Å². The van der Waals surface area contributed by atoms with Crippen LogP contribution in [0.15, 0.2) is 22.8 Å². The van der Waals surface area contributed by atoms with E-state index in [4.69, 9.17) is 4.74 Å². The summed E-state index contributed by atoms with van der Waals surface area (Å²) in [5.41, 5.74) is 0.891. The van der Waals surface area contributed by atoms with E-state index in [9.17, 15) is 4.79 Å². The second kappa shape index (κ2) is 7.48. The number of methoxy groups -OCH3 is 1. The highest BCUT2D eigenvalue weighted by molar-refractivity contribution is 9.10. The van der Waals surface area contributed by atoms with E-state index >= 15 is 0 Å². The van der Waals surface area contributed by atoms with E-state index in [0.717, 1.165) is 16.7 Å². The fraction of sp³-hybridized carbons (Fsp3) is 0.538. The van der Waals surface area contributed by atoms with Gasteiger partial charge in [0.25, 0.3) is 0 Å². The zero-order valence-corrected chi connectivity index (χ0v) is 12.5. The van der Waals surface area contributed by atoms with Crippen molar-refractivity contribution in [2.45, 2.75) is 32.9 Å². The molecule has 0 radical (unpaired) electrons. The number of hydrogen-bond acceptors (Lipinski definition) is 4. The molecule has 0 amide bonds. The van der Waals surface area contributed by atoms with Crippen molar-refractivity contribution in [2.75, 3.05) is 7.11 Å². The zero-order chi connectivity index (χ0) is 13.5. The number of carbonyl (C=O) groups excluding carboxylic acids is 1. The standard InChI is InChI=1S/C13H19BrN2O2/c1-9(2)7-11(13(17)18-3)15-8-10-5-4-6-12(14)16-10/h4-6,9,11,15H,7-8H2,1-3H3. The van der Waals surface area contributed by atoms with E-state index in [-0.39, 0.29) is 12.0 Å². The van der Waals surface area contributed by atoms with Gasteiger partial charge >= 0.3 is 5.97 Å². The van der Waals surface area contributed by atoms with Gasteiger partial charge in [0.15, 0.2) is 0 Å². The summed E-state index contributed by atoms with van der Waals surface area (Å²) in [6.07, 6.45) is 0.751. The van der Waals surface area contributed by atoms with Gasteiger partial charge in [0.1, 0.15) is 10.6 Å². The first kappa shape index (κ1) is 15.1. The molecule has 0 aromatic carbocycles. The highest BCUT2D eigenvalue weighted by Crippen LogP contribution is 2.09. The predicted octanol–water partition coefficient (Wildman–Crippen LogP) is 2.52. The molecule has 0 spiro atoms. The normalized spacial score (nSPS) is 12.5. The van der Waals surface area contributed by atoms with Gasteiger partial charge < -0.3 is 4.74 Å². The number of nitrogens with one attached hydrogen (secondary N) is 1. The molecule has 0 saturated carbocycles. The maximum absolute atomic E-state index is 11.6. The molecule has 4 nitrogen and oxygen atoms in total. The molecule has 1 aromatic heterocycles. The molecule has 0 fully saturated rings. The molecule has 5 heteroatoms. The van der Waals surface area contributed by atoms with E-state index in [1.165, 1.54) is 7.11 Å². The van der Waals surface area contributed by atoms with Crippen molar-refractivity contribution in [3.63, 3.8) is 0 Å². The molecular formula is C13H19BrN2O2. The Bertz CT molecular complexity index is 396. The van der Waals surface area contributed by atoms with Gasteiger partial charge in [-0.05, 0) is 40.4 Å². The molecule has 0 saturated heterocycles. The number of aromatic nitrogens is 1. The van der Waals surface area contributed by atoms with E-state index in [0.29, 0.717) is 12.5 Å². The summed E-state index contributed by atoms with van der Waals surface area (Å²) in [6, 6.07) is 5.43. The van der Waals surface area contributed by atoms with Gasteiger partial charge in [-0.15, -0.1) is 0 Å². The Balaban J connectivity index is 2.58. The van der Waals surface area contributed by atoms with E-state index in [1.807, 2.05) is 18.2 Å². The van der Waals surface area contributed by atoms with Crippen LogP contribution in [0.4, 0.5) is 0 Å². The zero-order valence-electron chi connectivity index (χ0n) is 10.9. The molecule has 1 atom stereocenters. The van der Waals surface area contributed by atoms with Crippen molar-refractivity contribution >= 4 is 21.9 Å². The number of pyridine rings is 1. The van der Waals surface area contributed by atoms with Crippen LogP contribution in [0.3, 0.4) is 0 Å². The minimum Gasteiger partial charge on any atom is -0.468 e. The largest absolute Gasteiger partial charge is 0.468 e. The number of carbonyl (C=O) groups is 1. The number of ether oxygens (including phenoxy) is 1. The molecule has 1 aromatic rings. The van der Waals surface area contributed by atoms with Crippen molar-refractivity contribution in [1.29, 1.82) is 0 Å². The lowest BCUT2D eigenvalue weighted by Crippen LogP contribution is -2.38. The molecule has 1 heterocycles. The van der Waals surface area contributed by atoms with Crippen molar-refractivity contribution in [2.24, 2.45) is 5.92 Å². The summed E-state index contributed by atoms with van der Waals surface area (Å²) in [5, 5.41) is 3.19. The highest BCUT2D eigenvalue weighted by Gasteiger charge is 2.19. The molecular weight excluding hydrogens is 296 g/mol. The third-order valence-corrected chi connectivity index (χ3v) is 2.94. The topological polar surface area (TPSA) is 51.2 Å². The molecule has 1 unspecified atom stereocenters. The van der Waals surface area contributed by atoms with Gasteiger partial charge in [0.05, 0.1) is 12.8 Å². The first-order valence-corrected chi connectivity index (χ1v) is 6.75. The third-order valence-electron chi connectivity index (χ3n) is 2.50. The third kappa shape index (κ3) is 5.14. The van der Waals surface area contributed by atoms with Crippen LogP contribution in [0, 0.1) is 5.92 Å². The summed E-state index contributed by atoms with van der Waals surface area (Å²) in [6.45, 7) is 4.70. The lowest BCUT2D eigenvalue weighted by molar-refractivity contribution is -0.143. The van der Waals surface area contributed by atoms with Crippen LogP contribution in [-0.2, 0) is 16.1 Å². The summed E-state index contributed by atoms with van der Waals surface area (Å²) < 4.78 is 5.59. The fourth-order valence-electron chi connectivity index (χ4n) is 1.65. The quantitative estimate of drug-likeness (QED) is 0.647. The Hall–Kier alpha value is -0.940. The van der Waals surface area contributed by atoms with E-state index < -0.39 is 0 Å². The van der Waals surface area contributed by atoms with E-state index in [2.05, 4.69) is 40.1 Å². The number of nitrogens with zero attached hydrogens (tertiary/aromatic N) is 1. The van der Waals surface area contributed by atoms with Crippen LogP contribution < -0.4 is 5.32 Å². The number of esters is 1. The van der Waals surface area contributed by atoms with Crippen LogP contribution in [0.5, 0.6) is 0 Å². The van der Waals surface area contributed by atoms with Gasteiger partial charge in [-0.3, -0.25) is 10.1 Å². The highest BCUT2D eigenvalue weighted by atomic mass is 79.9. The van der Waals surface area contributed by atoms with Crippen LogP contribution >= 0.6 is 15.9 Å². The maximum atomic E-state index is 11.6. The molecule has 0 aliphatic rings. The summed E-state index contributed by atoms with van der Waals surface area (Å²) in [5.74, 6) is 0.204. The minimum atomic E-state index is -0.282. The smallest absolute Gasteiger partial charge is 0.322 e. The SMILES string of the molecule is COC(=O)C(CC(C)C)NCc1cccc(Br)n1. The minimum absolute atomic E-state index is 0.223. The Morgan fingerprint density at radius 1 is 1.50 bits per heavy atom. The lowest BCUT2D eigenvalue weighted by atomic mass is 10.0. The number of hydrogen-bond donors (Lipinski definition) is 1. The van der Waals surface area contributed by atoms with Crippen LogP contribution in [0.2, 0.25) is 0 Å². The first-order valence-electron chi connectivity index (χ1n) is 5.95. The molecule has 0 aliphatic carbocycles. The average Bonchev–Trinajstić information content (AvgIpc) is 2.33. The van der Waals surface area contributed by atoms with E-state index in [1.54, 1.807) is 0 Å². The number of halogens is 1. The van der Waals surface area contributed by atoms with Crippen LogP contribution in [0.25, 0.3) is 0 Å². The van der Waals surface area contributed by atoms with Crippen LogP contribution in [-0.4, -0.2) is 24.1 Å². The van der Waals surface area contributed by atoms with Crippen molar-refractivity contribution in [3.05, 3.63) is 28.5 Å². The van der Waals surface area contributed by atoms with Gasteiger partial charge in [0.2, 0.25) is 0 Å². The Kier molecular flexibility index (Phi) is 6.29. The van der Waals surface area contributed by atoms with Gasteiger partial charge in [0, 0.05) is 6.54 Å². The first-order chi connectivity index (χ1) is 8.52. The molecule has 18 heavy (non-hydrogen) atoms. The molecule has 1 rings (SSSR count). The summed E-state index contributed by atoms with van der Waals surface area (Å²) >= 11 is 3.32. The molecule has 0 aliphatic heterocycles. The monoisotopic (exact) mass is 314 g/mol. The maximum Gasteiger partial charge on any atom is 0.322 e. The Morgan fingerprint density at radius 3 is 2.78 bits per heavy atom. The lowest BCUT2D eigenvalue weighted by Gasteiger charge is -2.18. The summed E-state index contributed by atoms with van der Waals surface area (Å²) in [4.78, 5) is 15.9. The van der Waals surface area contributed by atoms with Gasteiger partial charge in [-0.1, -0.05) is 19.9 Å². The van der Waals surface area contributed by atoms with Gasteiger partial charge in [-0.25, -0.2) is 4.98 Å². The van der Waals surface area contributed by atoms with Crippen molar-refractivity contribution < 1.29 is 9.53 Å². The fourth-order valence-corrected chi connectivity index (χ4v) is 2.03. The average molecular weight is 315 g/mol. The van der Waals surface area contributed by atoms with Crippen LogP contribution in [0.1, 0.15) is 26.0 Å². The Morgan fingerprint density at radius 2 is 2.22 bits per heavy atom. The second-order valence-electron chi connectivity index (χ2n) is 4.54. The second-order valence-corrected chi connectivity index (χ2v) is 5.35. The Labute approximate surface area is 116 Å².